The average molecular weight is 208 g/mol. The molecule has 0 saturated heterocycles. The van der Waals surface area contributed by atoms with Crippen LogP contribution in [0.3, 0.4) is 0 Å². The number of fused-ring (bicyclic) bond motifs is 1. The number of carboxylic acid groups (broad SMARTS) is 1. The average Bonchev–Trinajstić information content (AvgIpc) is 2.43. The second kappa shape index (κ2) is 2.99. The molecule has 0 fully saturated rings. The van der Waals surface area contributed by atoms with Crippen molar-refractivity contribution in [2.75, 3.05) is 0 Å². The van der Waals surface area contributed by atoms with E-state index in [0.29, 0.717) is 5.39 Å². The number of thiophene rings is 1. The monoisotopic (exact) mass is 208 g/mol. The van der Waals surface area contributed by atoms with Crippen molar-refractivity contribution in [3.05, 3.63) is 28.6 Å². The van der Waals surface area contributed by atoms with Gasteiger partial charge in [-0.1, -0.05) is 0 Å². The zero-order valence-corrected chi connectivity index (χ0v) is 8.26. The Kier molecular flexibility index (Phi) is 1.93. The van der Waals surface area contributed by atoms with Gasteiger partial charge >= 0.3 is 5.97 Å². The van der Waals surface area contributed by atoms with E-state index < -0.39 is 5.97 Å². The Morgan fingerprint density at radius 1 is 1.43 bits per heavy atom. The molecule has 0 unspecified atom stereocenters. The first-order valence-corrected chi connectivity index (χ1v) is 4.86. The Labute approximate surface area is 84.2 Å². The zero-order chi connectivity index (χ0) is 10.3. The van der Waals surface area contributed by atoms with Gasteiger partial charge in [-0.05, 0) is 25.1 Å². The first kappa shape index (κ1) is 9.02. The van der Waals surface area contributed by atoms with Crippen LogP contribution in [0, 0.1) is 6.92 Å². The fourth-order valence-corrected chi connectivity index (χ4v) is 2.28. The second-order valence-corrected chi connectivity index (χ2v) is 4.28. The highest BCUT2D eigenvalue weighted by atomic mass is 32.1. The molecule has 2 aromatic rings. The van der Waals surface area contributed by atoms with Gasteiger partial charge in [-0.3, -0.25) is 0 Å². The fourth-order valence-electron chi connectivity index (χ4n) is 1.34. The number of carboxylic acids is 1. The smallest absolute Gasteiger partial charge is 0.335 e. The quantitative estimate of drug-likeness (QED) is 0.757. The lowest BCUT2D eigenvalue weighted by Gasteiger charge is -1.94. The molecule has 0 amide bonds. The Bertz CT molecular complexity index is 513. The van der Waals surface area contributed by atoms with E-state index in [4.69, 9.17) is 5.11 Å². The van der Waals surface area contributed by atoms with Crippen LogP contribution in [0.15, 0.2) is 18.2 Å². The summed E-state index contributed by atoms with van der Waals surface area (Å²) in [7, 11) is 0. The van der Waals surface area contributed by atoms with E-state index in [1.165, 1.54) is 17.4 Å². The highest BCUT2D eigenvalue weighted by Gasteiger charge is 2.10. The predicted octanol–water partition coefficient (Wildman–Crippen LogP) is 2.61. The molecule has 0 saturated carbocycles. The number of benzene rings is 1. The largest absolute Gasteiger partial charge is 0.506 e. The van der Waals surface area contributed by atoms with Crippen molar-refractivity contribution < 1.29 is 15.0 Å². The van der Waals surface area contributed by atoms with Gasteiger partial charge < -0.3 is 10.2 Å². The lowest BCUT2D eigenvalue weighted by molar-refractivity contribution is 0.0697. The summed E-state index contributed by atoms with van der Waals surface area (Å²) in [6.07, 6.45) is 0. The highest BCUT2D eigenvalue weighted by molar-refractivity contribution is 7.19. The van der Waals surface area contributed by atoms with Gasteiger partial charge in [-0.2, -0.15) is 0 Å². The first-order valence-electron chi connectivity index (χ1n) is 4.05. The van der Waals surface area contributed by atoms with E-state index in [2.05, 4.69) is 0 Å². The van der Waals surface area contributed by atoms with Crippen LogP contribution in [0.1, 0.15) is 15.2 Å². The summed E-state index contributed by atoms with van der Waals surface area (Å²) in [6, 6.07) is 4.76. The van der Waals surface area contributed by atoms with Gasteiger partial charge in [0.05, 0.1) is 5.56 Å². The second-order valence-electron chi connectivity index (χ2n) is 3.02. The molecule has 1 heterocycles. The van der Waals surface area contributed by atoms with Gasteiger partial charge in [0.1, 0.15) is 5.75 Å². The summed E-state index contributed by atoms with van der Waals surface area (Å²) in [5, 5.41) is 19.0. The molecule has 4 heteroatoms. The van der Waals surface area contributed by atoms with Crippen molar-refractivity contribution in [3.8, 4) is 5.75 Å². The van der Waals surface area contributed by atoms with E-state index >= 15 is 0 Å². The van der Waals surface area contributed by atoms with E-state index in [1.807, 2.05) is 0 Å². The molecule has 0 bridgehead atoms. The lowest BCUT2D eigenvalue weighted by Crippen LogP contribution is -1.94. The van der Waals surface area contributed by atoms with Crippen LogP contribution in [-0.4, -0.2) is 16.2 Å². The Morgan fingerprint density at radius 2 is 2.14 bits per heavy atom. The van der Waals surface area contributed by atoms with Crippen molar-refractivity contribution in [3.63, 3.8) is 0 Å². The van der Waals surface area contributed by atoms with Gasteiger partial charge in [0, 0.05) is 15.0 Å². The molecule has 0 atom stereocenters. The standard InChI is InChI=1S/C10H8O3S/c1-5-9(11)7-4-6(10(12)13)2-3-8(7)14-5/h2-4,11H,1H3,(H,12,13). The number of carbonyl (C=O) groups is 1. The first-order chi connectivity index (χ1) is 6.59. The topological polar surface area (TPSA) is 57.5 Å². The van der Waals surface area contributed by atoms with Crippen molar-refractivity contribution in [2.45, 2.75) is 6.92 Å². The summed E-state index contributed by atoms with van der Waals surface area (Å²) in [4.78, 5) is 11.5. The Hall–Kier alpha value is -1.55. The minimum atomic E-state index is -0.977. The number of rotatable bonds is 1. The van der Waals surface area contributed by atoms with E-state index in [0.717, 1.165) is 9.58 Å². The van der Waals surface area contributed by atoms with Crippen molar-refractivity contribution in [1.82, 2.24) is 0 Å². The molecule has 72 valence electrons. The lowest BCUT2D eigenvalue weighted by atomic mass is 10.1. The summed E-state index contributed by atoms with van der Waals surface area (Å²) < 4.78 is 0.907. The minimum Gasteiger partial charge on any atom is -0.506 e. The Morgan fingerprint density at radius 3 is 2.79 bits per heavy atom. The number of aromatic carboxylic acids is 1. The normalized spacial score (nSPS) is 10.6. The molecule has 0 aliphatic carbocycles. The van der Waals surface area contributed by atoms with E-state index in [-0.39, 0.29) is 11.3 Å². The molecular weight excluding hydrogens is 200 g/mol. The number of hydrogen-bond acceptors (Lipinski definition) is 3. The summed E-state index contributed by atoms with van der Waals surface area (Å²) in [5.74, 6) is -0.789. The fraction of sp³-hybridized carbons (Fsp3) is 0.100. The van der Waals surface area contributed by atoms with Crippen molar-refractivity contribution >= 4 is 27.4 Å². The van der Waals surface area contributed by atoms with Crippen LogP contribution < -0.4 is 0 Å². The van der Waals surface area contributed by atoms with Crippen molar-refractivity contribution in [2.24, 2.45) is 0 Å². The third-order valence-corrected chi connectivity index (χ3v) is 3.15. The van der Waals surface area contributed by atoms with Gasteiger partial charge in [0.25, 0.3) is 0 Å². The number of aromatic hydroxyl groups is 1. The molecule has 0 spiro atoms. The maximum absolute atomic E-state index is 10.7. The summed E-state index contributed by atoms with van der Waals surface area (Å²) in [5.41, 5.74) is 0.200. The van der Waals surface area contributed by atoms with Gasteiger partial charge in [0.15, 0.2) is 0 Å². The molecule has 14 heavy (non-hydrogen) atoms. The zero-order valence-electron chi connectivity index (χ0n) is 7.44. The molecule has 1 aromatic heterocycles. The molecule has 2 rings (SSSR count). The van der Waals surface area contributed by atoms with Crippen molar-refractivity contribution in [1.29, 1.82) is 0 Å². The molecule has 3 nitrogen and oxygen atoms in total. The third-order valence-electron chi connectivity index (χ3n) is 2.08. The minimum absolute atomic E-state index is 0.188. The Balaban J connectivity index is 2.76. The van der Waals surface area contributed by atoms with Gasteiger partial charge in [0.2, 0.25) is 0 Å². The highest BCUT2D eigenvalue weighted by Crippen LogP contribution is 2.36. The van der Waals surface area contributed by atoms with Crippen LogP contribution in [0.25, 0.3) is 10.1 Å². The maximum atomic E-state index is 10.7. The summed E-state index contributed by atoms with van der Waals surface area (Å²) >= 11 is 1.46. The van der Waals surface area contributed by atoms with Crippen LogP contribution >= 0.6 is 11.3 Å². The van der Waals surface area contributed by atoms with Crippen LogP contribution in [0.5, 0.6) is 5.75 Å². The van der Waals surface area contributed by atoms with Crippen LogP contribution in [-0.2, 0) is 0 Å². The molecule has 0 aliphatic rings. The van der Waals surface area contributed by atoms with E-state index in [1.54, 1.807) is 19.1 Å². The molecular formula is C10H8O3S. The maximum Gasteiger partial charge on any atom is 0.335 e. The van der Waals surface area contributed by atoms with Gasteiger partial charge in [-0.25, -0.2) is 4.79 Å². The van der Waals surface area contributed by atoms with Crippen LogP contribution in [0.2, 0.25) is 0 Å². The number of hydrogen-bond donors (Lipinski definition) is 2. The molecule has 1 aromatic carbocycles. The molecule has 0 aliphatic heterocycles. The SMILES string of the molecule is Cc1sc2ccc(C(=O)O)cc2c1O. The van der Waals surface area contributed by atoms with E-state index in [9.17, 15) is 9.90 Å². The van der Waals surface area contributed by atoms with Crippen LogP contribution in [0.4, 0.5) is 0 Å². The predicted molar refractivity (Wildman–Crippen MR) is 55.2 cm³/mol. The third kappa shape index (κ3) is 1.24. The summed E-state index contributed by atoms with van der Waals surface area (Å²) in [6.45, 7) is 1.81. The number of aryl methyl sites for hydroxylation is 1. The van der Waals surface area contributed by atoms with Gasteiger partial charge in [-0.15, -0.1) is 11.3 Å². The molecule has 2 N–H and O–H groups in total. The molecule has 0 radical (unpaired) electrons.